The molecule has 0 spiro atoms. The number of nitriles is 1. The highest BCUT2D eigenvalue weighted by Gasteiger charge is 2.24. The highest BCUT2D eigenvalue weighted by Crippen LogP contribution is 2.39. The van der Waals surface area contributed by atoms with Gasteiger partial charge in [0, 0.05) is 27.1 Å². The summed E-state index contributed by atoms with van der Waals surface area (Å²) in [5.41, 5.74) is 1.09. The predicted octanol–water partition coefficient (Wildman–Crippen LogP) is 6.66. The van der Waals surface area contributed by atoms with E-state index in [1.54, 1.807) is 12.1 Å². The van der Waals surface area contributed by atoms with Gasteiger partial charge in [0.15, 0.2) is 23.3 Å². The van der Waals surface area contributed by atoms with Crippen LogP contribution in [0.3, 0.4) is 0 Å². The topological polar surface area (TPSA) is 28.2 Å². The van der Waals surface area contributed by atoms with Crippen molar-refractivity contribution in [1.29, 1.82) is 5.26 Å². The van der Waals surface area contributed by atoms with Crippen LogP contribution >= 0.6 is 0 Å². The lowest BCUT2D eigenvalue weighted by Crippen LogP contribution is -2.04. The van der Waals surface area contributed by atoms with Crippen molar-refractivity contribution in [1.82, 2.24) is 4.40 Å². The average molecular weight is 438 g/mol. The second kappa shape index (κ2) is 6.72. The molecule has 6 aromatic rings. The molecular weight excluding hydrogens is 428 g/mol. The van der Waals surface area contributed by atoms with Gasteiger partial charge < -0.3 is 4.40 Å². The SMILES string of the molecule is N#Cc1c(F)c(F)c(C#Cc2cc3c4ccccc4n4c5ccccc5c(c2)c34)c(F)c1F. The maximum atomic E-state index is 14.3. The van der Waals surface area contributed by atoms with E-state index >= 15 is 0 Å². The summed E-state index contributed by atoms with van der Waals surface area (Å²) in [5.74, 6) is -2.01. The van der Waals surface area contributed by atoms with Crippen LogP contribution in [0.4, 0.5) is 17.6 Å². The molecular formula is C27H10F4N2. The molecule has 0 radical (unpaired) electrons. The molecule has 33 heavy (non-hydrogen) atoms. The number of hydrogen-bond donors (Lipinski definition) is 0. The Balaban J connectivity index is 1.67. The summed E-state index contributed by atoms with van der Waals surface area (Å²) in [4.78, 5) is 0. The first-order valence-corrected chi connectivity index (χ1v) is 9.96. The van der Waals surface area contributed by atoms with Gasteiger partial charge in [-0.3, -0.25) is 0 Å². The van der Waals surface area contributed by atoms with Gasteiger partial charge in [0.2, 0.25) is 0 Å². The fourth-order valence-corrected chi connectivity index (χ4v) is 4.50. The lowest BCUT2D eigenvalue weighted by molar-refractivity contribution is 0.447. The first kappa shape index (κ1) is 19.2. The third-order valence-electron chi connectivity index (χ3n) is 5.91. The van der Waals surface area contributed by atoms with Crippen LogP contribution in [0.15, 0.2) is 60.7 Å². The van der Waals surface area contributed by atoms with E-state index in [2.05, 4.69) is 16.2 Å². The third-order valence-corrected chi connectivity index (χ3v) is 5.91. The van der Waals surface area contributed by atoms with Crippen molar-refractivity contribution in [2.24, 2.45) is 0 Å². The second-order valence-electron chi connectivity index (χ2n) is 7.66. The van der Waals surface area contributed by atoms with E-state index in [-0.39, 0.29) is 0 Å². The van der Waals surface area contributed by atoms with Gasteiger partial charge >= 0.3 is 0 Å². The van der Waals surface area contributed by atoms with E-state index in [0.717, 1.165) is 44.2 Å². The molecule has 0 aliphatic heterocycles. The molecule has 2 heterocycles. The quantitative estimate of drug-likeness (QED) is 0.148. The molecule has 0 saturated carbocycles. The maximum absolute atomic E-state index is 14.3. The molecule has 0 bridgehead atoms. The molecule has 156 valence electrons. The van der Waals surface area contributed by atoms with Gasteiger partial charge in [-0.25, -0.2) is 17.6 Å². The zero-order chi connectivity index (χ0) is 22.9. The molecule has 4 aromatic carbocycles. The van der Waals surface area contributed by atoms with E-state index in [9.17, 15) is 17.6 Å². The van der Waals surface area contributed by atoms with E-state index < -0.39 is 34.4 Å². The van der Waals surface area contributed by atoms with Crippen molar-refractivity contribution < 1.29 is 17.6 Å². The zero-order valence-corrected chi connectivity index (χ0v) is 16.7. The van der Waals surface area contributed by atoms with Crippen molar-refractivity contribution in [3.8, 4) is 17.9 Å². The van der Waals surface area contributed by atoms with Crippen molar-refractivity contribution in [3.63, 3.8) is 0 Å². The minimum absolute atomic E-state index is 0.432. The fourth-order valence-electron chi connectivity index (χ4n) is 4.50. The normalized spacial score (nSPS) is 11.4. The summed E-state index contributed by atoms with van der Waals surface area (Å²) in [7, 11) is 0. The molecule has 0 aliphatic rings. The lowest BCUT2D eigenvalue weighted by Gasteiger charge is -2.03. The molecule has 0 amide bonds. The van der Waals surface area contributed by atoms with Gasteiger partial charge in [-0.05, 0) is 24.3 Å². The molecule has 2 aromatic heterocycles. The average Bonchev–Trinajstić information content (AvgIpc) is 3.35. The minimum Gasteiger partial charge on any atom is -0.308 e. The number of rotatable bonds is 0. The molecule has 0 saturated heterocycles. The van der Waals surface area contributed by atoms with Gasteiger partial charge in [0.1, 0.15) is 17.2 Å². The number of aromatic nitrogens is 1. The van der Waals surface area contributed by atoms with E-state index in [1.165, 1.54) is 0 Å². The maximum Gasteiger partial charge on any atom is 0.181 e. The molecule has 2 nitrogen and oxygen atoms in total. The monoisotopic (exact) mass is 438 g/mol. The molecule has 0 unspecified atom stereocenters. The Bertz CT molecular complexity index is 1770. The Morgan fingerprint density at radius 1 is 0.606 bits per heavy atom. The number of fused-ring (bicyclic) bond motifs is 6. The summed E-state index contributed by atoms with van der Waals surface area (Å²) in [6.07, 6.45) is 0. The van der Waals surface area contributed by atoms with Crippen LogP contribution in [-0.4, -0.2) is 4.40 Å². The smallest absolute Gasteiger partial charge is 0.181 e. The molecule has 0 atom stereocenters. The van der Waals surface area contributed by atoms with E-state index in [1.807, 2.05) is 48.5 Å². The van der Waals surface area contributed by atoms with Crippen LogP contribution in [0.1, 0.15) is 16.7 Å². The highest BCUT2D eigenvalue weighted by molar-refractivity contribution is 6.23. The number of para-hydroxylation sites is 2. The van der Waals surface area contributed by atoms with Crippen molar-refractivity contribution >= 4 is 38.1 Å². The van der Waals surface area contributed by atoms with E-state index in [4.69, 9.17) is 5.26 Å². The van der Waals surface area contributed by atoms with Gasteiger partial charge in [-0.1, -0.05) is 48.2 Å². The number of nitrogens with zero attached hydrogens (tertiary/aromatic N) is 2. The number of hydrogen-bond acceptors (Lipinski definition) is 1. The van der Waals surface area contributed by atoms with Crippen molar-refractivity contribution in [2.75, 3.05) is 0 Å². The largest absolute Gasteiger partial charge is 0.308 e. The Morgan fingerprint density at radius 2 is 1.09 bits per heavy atom. The lowest BCUT2D eigenvalue weighted by atomic mass is 10.0. The molecule has 6 rings (SSSR count). The first-order chi connectivity index (χ1) is 16.0. The third kappa shape index (κ3) is 2.49. The molecule has 6 heteroatoms. The van der Waals surface area contributed by atoms with Crippen LogP contribution in [-0.2, 0) is 0 Å². The van der Waals surface area contributed by atoms with Crippen LogP contribution < -0.4 is 0 Å². The second-order valence-corrected chi connectivity index (χ2v) is 7.66. The number of halogens is 4. The Hall–Kier alpha value is -4.55. The summed E-state index contributed by atoms with van der Waals surface area (Å²) in [6.45, 7) is 0. The Kier molecular flexibility index (Phi) is 3.90. The Morgan fingerprint density at radius 3 is 1.61 bits per heavy atom. The standard InChI is InChI=1S/C27H10F4N2/c28-23-17(24(29)26(31)20(13-32)25(23)30)10-9-14-11-18-15-5-1-3-7-21(15)33-22-8-4-2-6-16(22)19(12-14)27(18)33/h1-8,11-12H. The van der Waals surface area contributed by atoms with Gasteiger partial charge in [-0.15, -0.1) is 0 Å². The van der Waals surface area contributed by atoms with Crippen LogP contribution in [0.5, 0.6) is 0 Å². The summed E-state index contributed by atoms with van der Waals surface area (Å²) >= 11 is 0. The van der Waals surface area contributed by atoms with Crippen molar-refractivity contribution in [2.45, 2.75) is 0 Å². The summed E-state index contributed by atoms with van der Waals surface area (Å²) < 4.78 is 58.8. The van der Waals surface area contributed by atoms with E-state index in [0.29, 0.717) is 5.56 Å². The Labute approximate surface area is 184 Å². The van der Waals surface area contributed by atoms with Crippen LogP contribution in [0.2, 0.25) is 0 Å². The van der Waals surface area contributed by atoms with Gasteiger partial charge in [0.05, 0.1) is 16.6 Å². The first-order valence-electron chi connectivity index (χ1n) is 9.96. The fraction of sp³-hybridized carbons (Fsp3) is 0. The predicted molar refractivity (Wildman–Crippen MR) is 118 cm³/mol. The minimum atomic E-state index is -1.76. The van der Waals surface area contributed by atoms with Crippen LogP contribution in [0, 0.1) is 46.4 Å². The highest BCUT2D eigenvalue weighted by atomic mass is 19.2. The number of benzene rings is 4. The molecule has 0 fully saturated rings. The van der Waals surface area contributed by atoms with Crippen LogP contribution in [0.25, 0.3) is 38.1 Å². The summed E-state index contributed by atoms with van der Waals surface area (Å²) in [5, 5.41) is 12.5. The molecule has 0 N–H and O–H groups in total. The summed E-state index contributed by atoms with van der Waals surface area (Å²) in [6, 6.07) is 20.4. The van der Waals surface area contributed by atoms with Gasteiger partial charge in [0.25, 0.3) is 0 Å². The van der Waals surface area contributed by atoms with Gasteiger partial charge in [-0.2, -0.15) is 5.26 Å². The zero-order valence-electron chi connectivity index (χ0n) is 16.7. The molecule has 0 aliphatic carbocycles. The van der Waals surface area contributed by atoms with Crippen molar-refractivity contribution in [3.05, 3.63) is 101 Å².